The molecule has 0 saturated carbocycles. The number of carbonyl (C=O) groups excluding carboxylic acids is 1. The van der Waals surface area contributed by atoms with Crippen molar-refractivity contribution in [3.05, 3.63) is 58.6 Å². The van der Waals surface area contributed by atoms with E-state index >= 15 is 0 Å². The second kappa shape index (κ2) is 7.92. The molecule has 2 aromatic carbocycles. The minimum absolute atomic E-state index is 0.00550. The molecule has 0 bridgehead atoms. The normalized spacial score (nSPS) is 15.5. The number of rotatable bonds is 4. The third-order valence-electron chi connectivity index (χ3n) is 4.30. The number of hydrogen-bond donors (Lipinski definition) is 1. The molecule has 2 aromatic rings. The minimum atomic E-state index is -3.85. The summed E-state index contributed by atoms with van der Waals surface area (Å²) in [7, 11) is -3.85. The van der Waals surface area contributed by atoms with Gasteiger partial charge in [-0.2, -0.15) is 4.31 Å². The van der Waals surface area contributed by atoms with Gasteiger partial charge in [-0.05, 0) is 43.2 Å². The van der Waals surface area contributed by atoms with E-state index < -0.39 is 27.6 Å². The van der Waals surface area contributed by atoms with Crippen LogP contribution in [0.1, 0.15) is 29.6 Å². The molecule has 0 unspecified atom stereocenters. The highest BCUT2D eigenvalue weighted by atomic mass is 35.5. The summed E-state index contributed by atoms with van der Waals surface area (Å²) in [5.74, 6) is -2.29. The first-order chi connectivity index (χ1) is 12.8. The zero-order valence-corrected chi connectivity index (χ0v) is 15.8. The van der Waals surface area contributed by atoms with Crippen molar-refractivity contribution in [3.63, 3.8) is 0 Å². The standard InChI is InChI=1S/C18H17ClF2N2O3S/c19-14-6-4-12(18(24)22-16-11-13(20)5-7-15(16)21)10-17(14)27(25,26)23-8-2-1-3-9-23/h4-7,10-11H,1-3,8-9H2,(H,22,24). The molecule has 1 saturated heterocycles. The van der Waals surface area contributed by atoms with Crippen LogP contribution in [0.4, 0.5) is 14.5 Å². The van der Waals surface area contributed by atoms with E-state index in [2.05, 4.69) is 5.32 Å². The highest BCUT2D eigenvalue weighted by Gasteiger charge is 2.28. The number of nitrogens with one attached hydrogen (secondary N) is 1. The Bertz CT molecular complexity index is 977. The molecule has 1 aliphatic heterocycles. The Kier molecular flexibility index (Phi) is 5.78. The molecular weight excluding hydrogens is 398 g/mol. The van der Waals surface area contributed by atoms with E-state index in [1.54, 1.807) is 0 Å². The van der Waals surface area contributed by atoms with E-state index in [-0.39, 0.29) is 21.2 Å². The van der Waals surface area contributed by atoms with E-state index in [9.17, 15) is 22.0 Å². The molecule has 0 aromatic heterocycles. The molecule has 0 spiro atoms. The van der Waals surface area contributed by atoms with Crippen molar-refractivity contribution < 1.29 is 22.0 Å². The summed E-state index contributed by atoms with van der Waals surface area (Å²) in [6.45, 7) is 0.785. The van der Waals surface area contributed by atoms with Gasteiger partial charge >= 0.3 is 0 Å². The van der Waals surface area contributed by atoms with Crippen molar-refractivity contribution in [1.82, 2.24) is 4.31 Å². The van der Waals surface area contributed by atoms with Crippen LogP contribution in [0.3, 0.4) is 0 Å². The van der Waals surface area contributed by atoms with Crippen LogP contribution >= 0.6 is 11.6 Å². The first-order valence-electron chi connectivity index (χ1n) is 8.35. The second-order valence-corrected chi connectivity index (χ2v) is 8.50. The lowest BCUT2D eigenvalue weighted by atomic mass is 10.2. The molecule has 27 heavy (non-hydrogen) atoms. The van der Waals surface area contributed by atoms with Gasteiger partial charge in [0.1, 0.15) is 16.5 Å². The average molecular weight is 415 g/mol. The zero-order valence-electron chi connectivity index (χ0n) is 14.2. The average Bonchev–Trinajstić information content (AvgIpc) is 2.65. The van der Waals surface area contributed by atoms with Crippen LogP contribution in [-0.2, 0) is 10.0 Å². The Morgan fingerprint density at radius 3 is 2.44 bits per heavy atom. The van der Waals surface area contributed by atoms with Crippen LogP contribution in [-0.4, -0.2) is 31.7 Å². The molecule has 1 N–H and O–H groups in total. The van der Waals surface area contributed by atoms with Gasteiger partial charge in [0.05, 0.1) is 10.7 Å². The summed E-state index contributed by atoms with van der Waals surface area (Å²) in [6.07, 6.45) is 2.48. The summed E-state index contributed by atoms with van der Waals surface area (Å²) in [5.41, 5.74) is -0.367. The van der Waals surface area contributed by atoms with Crippen LogP contribution in [0, 0.1) is 11.6 Å². The largest absolute Gasteiger partial charge is 0.319 e. The summed E-state index contributed by atoms with van der Waals surface area (Å²) in [4.78, 5) is 12.2. The Morgan fingerprint density at radius 1 is 1.04 bits per heavy atom. The minimum Gasteiger partial charge on any atom is -0.319 e. The quantitative estimate of drug-likeness (QED) is 0.820. The predicted molar refractivity (Wildman–Crippen MR) is 98.4 cm³/mol. The van der Waals surface area contributed by atoms with Crippen LogP contribution < -0.4 is 5.32 Å². The fourth-order valence-corrected chi connectivity index (χ4v) is 4.89. The number of benzene rings is 2. The van der Waals surface area contributed by atoms with E-state index in [0.29, 0.717) is 13.1 Å². The van der Waals surface area contributed by atoms with Gasteiger partial charge in [0.2, 0.25) is 10.0 Å². The van der Waals surface area contributed by atoms with Crippen LogP contribution in [0.2, 0.25) is 5.02 Å². The first-order valence-corrected chi connectivity index (χ1v) is 10.2. The Labute approximate surface area is 161 Å². The number of nitrogens with zero attached hydrogens (tertiary/aromatic N) is 1. The SMILES string of the molecule is O=C(Nc1cc(F)ccc1F)c1ccc(Cl)c(S(=O)(=O)N2CCCCC2)c1. The molecule has 5 nitrogen and oxygen atoms in total. The Morgan fingerprint density at radius 2 is 1.74 bits per heavy atom. The summed E-state index contributed by atoms with van der Waals surface area (Å²) < 4.78 is 54.0. The molecule has 1 aliphatic rings. The zero-order chi connectivity index (χ0) is 19.6. The van der Waals surface area contributed by atoms with Crippen molar-refractivity contribution in [3.8, 4) is 0 Å². The van der Waals surface area contributed by atoms with Gasteiger partial charge in [-0.15, -0.1) is 0 Å². The van der Waals surface area contributed by atoms with Crippen LogP contribution in [0.25, 0.3) is 0 Å². The van der Waals surface area contributed by atoms with E-state index in [0.717, 1.165) is 43.5 Å². The molecule has 0 atom stereocenters. The third kappa shape index (κ3) is 4.28. The lowest BCUT2D eigenvalue weighted by Gasteiger charge is -2.26. The molecule has 1 heterocycles. The molecule has 1 fully saturated rings. The smallest absolute Gasteiger partial charge is 0.255 e. The maximum atomic E-state index is 13.7. The first kappa shape index (κ1) is 19.7. The van der Waals surface area contributed by atoms with Crippen molar-refractivity contribution in [2.24, 2.45) is 0 Å². The molecule has 144 valence electrons. The number of hydrogen-bond acceptors (Lipinski definition) is 3. The maximum Gasteiger partial charge on any atom is 0.255 e. The third-order valence-corrected chi connectivity index (χ3v) is 6.68. The monoisotopic (exact) mass is 414 g/mol. The van der Waals surface area contributed by atoms with Crippen molar-refractivity contribution in [2.45, 2.75) is 24.2 Å². The molecule has 0 radical (unpaired) electrons. The van der Waals surface area contributed by atoms with Crippen molar-refractivity contribution in [1.29, 1.82) is 0 Å². The van der Waals surface area contributed by atoms with Gasteiger partial charge in [0, 0.05) is 24.7 Å². The summed E-state index contributed by atoms with van der Waals surface area (Å²) in [6, 6.07) is 6.43. The van der Waals surface area contributed by atoms with Gasteiger partial charge in [-0.25, -0.2) is 17.2 Å². The summed E-state index contributed by atoms with van der Waals surface area (Å²) in [5, 5.41) is 2.23. The lowest BCUT2D eigenvalue weighted by molar-refractivity contribution is 0.102. The topological polar surface area (TPSA) is 66.5 Å². The highest BCUT2D eigenvalue weighted by molar-refractivity contribution is 7.89. The van der Waals surface area contributed by atoms with Crippen molar-refractivity contribution >= 4 is 33.2 Å². The number of carbonyl (C=O) groups is 1. The number of piperidine rings is 1. The van der Waals surface area contributed by atoms with Gasteiger partial charge in [0.25, 0.3) is 5.91 Å². The molecule has 3 rings (SSSR count). The lowest BCUT2D eigenvalue weighted by Crippen LogP contribution is -2.35. The number of halogens is 3. The molecule has 9 heteroatoms. The molecular formula is C18H17ClF2N2O3S. The highest BCUT2D eigenvalue weighted by Crippen LogP contribution is 2.28. The maximum absolute atomic E-state index is 13.7. The number of amides is 1. The van der Waals surface area contributed by atoms with Gasteiger partial charge in [-0.3, -0.25) is 4.79 Å². The van der Waals surface area contributed by atoms with Crippen LogP contribution in [0.15, 0.2) is 41.3 Å². The second-order valence-electron chi connectivity index (χ2n) is 6.19. The van der Waals surface area contributed by atoms with E-state index in [1.165, 1.54) is 16.4 Å². The van der Waals surface area contributed by atoms with E-state index in [4.69, 9.17) is 11.6 Å². The predicted octanol–water partition coefficient (Wildman–Crippen LogP) is 4.05. The fraction of sp³-hybridized carbons (Fsp3) is 0.278. The van der Waals surface area contributed by atoms with Gasteiger partial charge in [0.15, 0.2) is 0 Å². The molecule has 0 aliphatic carbocycles. The molecule has 1 amide bonds. The van der Waals surface area contributed by atoms with Gasteiger partial charge < -0.3 is 5.32 Å². The number of anilines is 1. The Hall–Kier alpha value is -2.03. The van der Waals surface area contributed by atoms with E-state index in [1.807, 2.05) is 0 Å². The Balaban J connectivity index is 1.90. The van der Waals surface area contributed by atoms with Gasteiger partial charge in [-0.1, -0.05) is 18.0 Å². The summed E-state index contributed by atoms with van der Waals surface area (Å²) >= 11 is 6.06. The van der Waals surface area contributed by atoms with Crippen LogP contribution in [0.5, 0.6) is 0 Å². The fourth-order valence-electron chi connectivity index (χ4n) is 2.87. The number of sulfonamides is 1. The van der Waals surface area contributed by atoms with Crippen molar-refractivity contribution in [2.75, 3.05) is 18.4 Å².